The summed E-state index contributed by atoms with van der Waals surface area (Å²) in [5, 5.41) is 7.47. The largest absolute Gasteiger partial charge is 0.465 e. The minimum absolute atomic E-state index is 0.00938. The number of pyridine rings is 2. The van der Waals surface area contributed by atoms with Gasteiger partial charge in [-0.2, -0.15) is 4.39 Å². The Bertz CT molecular complexity index is 1210. The van der Waals surface area contributed by atoms with E-state index < -0.39 is 23.7 Å². The zero-order valence-corrected chi connectivity index (χ0v) is 18.5. The molecular weight excluding hydrogens is 430 g/mol. The van der Waals surface area contributed by atoms with Gasteiger partial charge in [-0.15, -0.1) is 0 Å². The van der Waals surface area contributed by atoms with Crippen LogP contribution in [0.2, 0.25) is 0 Å². The van der Waals surface area contributed by atoms with Gasteiger partial charge in [0.25, 0.3) is 6.02 Å². The Morgan fingerprint density at radius 2 is 1.94 bits per heavy atom. The molecule has 0 bridgehead atoms. The molecule has 3 heterocycles. The summed E-state index contributed by atoms with van der Waals surface area (Å²) in [7, 11) is 0. The Hall–Kier alpha value is -3.59. The molecule has 1 aliphatic rings. The Kier molecular flexibility index (Phi) is 5.99. The molecule has 2 aromatic heterocycles. The van der Waals surface area contributed by atoms with Crippen molar-refractivity contribution in [3.63, 3.8) is 0 Å². The van der Waals surface area contributed by atoms with E-state index in [0.29, 0.717) is 23.6 Å². The van der Waals surface area contributed by atoms with Crippen LogP contribution in [0.25, 0.3) is 11.1 Å². The number of benzene rings is 1. The van der Waals surface area contributed by atoms with Gasteiger partial charge in [0.05, 0.1) is 18.1 Å². The second kappa shape index (κ2) is 8.74. The maximum atomic E-state index is 14.9. The van der Waals surface area contributed by atoms with Crippen LogP contribution in [-0.4, -0.2) is 28.2 Å². The summed E-state index contributed by atoms with van der Waals surface area (Å²) < 4.78 is 46.3. The van der Waals surface area contributed by atoms with Crippen molar-refractivity contribution in [1.82, 2.24) is 9.97 Å². The van der Waals surface area contributed by atoms with Gasteiger partial charge in [0.2, 0.25) is 11.8 Å². The molecule has 4 rings (SSSR count). The summed E-state index contributed by atoms with van der Waals surface area (Å²) in [5.74, 6) is -1.41. The number of nitrogens with two attached hydrogens (primary N) is 1. The van der Waals surface area contributed by atoms with E-state index in [4.69, 9.17) is 25.4 Å². The van der Waals surface area contributed by atoms with Crippen LogP contribution in [-0.2, 0) is 16.1 Å². The predicted octanol–water partition coefficient (Wildman–Crippen LogP) is 4.88. The van der Waals surface area contributed by atoms with Gasteiger partial charge in [0.1, 0.15) is 18.2 Å². The van der Waals surface area contributed by atoms with E-state index >= 15 is 0 Å². The quantitative estimate of drug-likeness (QED) is 0.323. The second-order valence-corrected chi connectivity index (χ2v) is 8.68. The summed E-state index contributed by atoms with van der Waals surface area (Å²) in [4.78, 5) is 8.00. The first-order valence-electron chi connectivity index (χ1n) is 10.3. The van der Waals surface area contributed by atoms with Gasteiger partial charge in [-0.1, -0.05) is 0 Å². The lowest BCUT2D eigenvalue weighted by molar-refractivity contribution is -0.0151. The average Bonchev–Trinajstić information content (AvgIpc) is 2.75. The molecule has 1 atom stereocenters. The standard InChI is InChI=1S/C24H24F2N4O3/c1-24(2,3)32-11-13-7-17-18(12-31-23(27)28)16-8-15(14-5-4-6-29-21(14)26)19(25)9-20(16)33-22(17)30-10-13/h4-10,18H,11-12H2,1-3H3,(H3,27,28). The average molecular weight is 454 g/mol. The van der Waals surface area contributed by atoms with Gasteiger partial charge in [-0.25, -0.2) is 14.4 Å². The maximum Gasteiger partial charge on any atom is 0.279 e. The maximum absolute atomic E-state index is 14.9. The number of nitrogens with zero attached hydrogens (tertiary/aromatic N) is 2. The zero-order chi connectivity index (χ0) is 23.8. The molecule has 0 saturated carbocycles. The van der Waals surface area contributed by atoms with Crippen LogP contribution in [0, 0.1) is 17.2 Å². The molecule has 0 fully saturated rings. The van der Waals surface area contributed by atoms with Crippen molar-refractivity contribution in [2.24, 2.45) is 5.73 Å². The minimum Gasteiger partial charge on any atom is -0.465 e. The molecule has 0 saturated heterocycles. The minimum atomic E-state index is -0.784. The first-order valence-corrected chi connectivity index (χ1v) is 10.3. The molecule has 3 aromatic rings. The highest BCUT2D eigenvalue weighted by molar-refractivity contribution is 5.69. The number of amidine groups is 1. The topological polar surface area (TPSA) is 103 Å². The fourth-order valence-electron chi connectivity index (χ4n) is 3.58. The van der Waals surface area contributed by atoms with Crippen molar-refractivity contribution in [3.05, 3.63) is 71.2 Å². The van der Waals surface area contributed by atoms with E-state index in [-0.39, 0.29) is 29.1 Å². The molecule has 0 aliphatic carbocycles. The molecule has 7 nitrogen and oxygen atoms in total. The van der Waals surface area contributed by atoms with E-state index in [2.05, 4.69) is 9.97 Å². The smallest absolute Gasteiger partial charge is 0.279 e. The highest BCUT2D eigenvalue weighted by Crippen LogP contribution is 2.46. The Labute approximate surface area is 190 Å². The molecule has 1 aliphatic heterocycles. The molecule has 172 valence electrons. The molecule has 0 radical (unpaired) electrons. The monoisotopic (exact) mass is 454 g/mol. The van der Waals surface area contributed by atoms with Crippen LogP contribution in [0.4, 0.5) is 8.78 Å². The third-order valence-corrected chi connectivity index (χ3v) is 5.12. The molecule has 1 aromatic carbocycles. The molecule has 1 unspecified atom stereocenters. The lowest BCUT2D eigenvalue weighted by Gasteiger charge is -2.28. The molecule has 0 spiro atoms. The first-order chi connectivity index (χ1) is 15.6. The van der Waals surface area contributed by atoms with Crippen LogP contribution in [0.5, 0.6) is 11.6 Å². The fraction of sp³-hybridized carbons (Fsp3) is 0.292. The zero-order valence-electron chi connectivity index (χ0n) is 18.5. The van der Waals surface area contributed by atoms with Gasteiger partial charge in [0, 0.05) is 40.7 Å². The molecular formula is C24H24F2N4O3. The third kappa shape index (κ3) is 4.93. The lowest BCUT2D eigenvalue weighted by Crippen LogP contribution is -2.23. The van der Waals surface area contributed by atoms with E-state index in [0.717, 1.165) is 5.56 Å². The second-order valence-electron chi connectivity index (χ2n) is 8.68. The number of rotatable bonds is 5. The number of fused-ring (bicyclic) bond motifs is 2. The first kappa shape index (κ1) is 22.6. The van der Waals surface area contributed by atoms with Crippen LogP contribution in [0.15, 0.2) is 42.7 Å². The van der Waals surface area contributed by atoms with Crippen molar-refractivity contribution >= 4 is 6.02 Å². The number of hydrogen-bond acceptors (Lipinski definition) is 6. The number of halogens is 2. The summed E-state index contributed by atoms with van der Waals surface area (Å²) >= 11 is 0. The van der Waals surface area contributed by atoms with E-state index in [1.807, 2.05) is 26.8 Å². The normalized spacial score (nSPS) is 14.8. The van der Waals surface area contributed by atoms with Crippen LogP contribution >= 0.6 is 0 Å². The van der Waals surface area contributed by atoms with E-state index in [1.54, 1.807) is 6.20 Å². The van der Waals surface area contributed by atoms with Crippen molar-refractivity contribution < 1.29 is 23.0 Å². The Balaban J connectivity index is 1.79. The van der Waals surface area contributed by atoms with Gasteiger partial charge in [0.15, 0.2) is 0 Å². The van der Waals surface area contributed by atoms with Crippen molar-refractivity contribution in [1.29, 1.82) is 5.41 Å². The van der Waals surface area contributed by atoms with E-state index in [9.17, 15) is 8.78 Å². The number of nitrogens with one attached hydrogen (secondary N) is 1. The number of ether oxygens (including phenoxy) is 3. The van der Waals surface area contributed by atoms with Crippen LogP contribution in [0.3, 0.4) is 0 Å². The van der Waals surface area contributed by atoms with Crippen molar-refractivity contribution in [2.75, 3.05) is 6.61 Å². The summed E-state index contributed by atoms with van der Waals surface area (Å²) in [6.45, 7) is 6.18. The lowest BCUT2D eigenvalue weighted by atomic mass is 9.87. The molecule has 33 heavy (non-hydrogen) atoms. The van der Waals surface area contributed by atoms with E-state index in [1.165, 1.54) is 30.5 Å². The van der Waals surface area contributed by atoms with Gasteiger partial charge >= 0.3 is 0 Å². The highest BCUT2D eigenvalue weighted by Gasteiger charge is 2.31. The molecule has 0 amide bonds. The SMILES string of the molecule is CC(C)(C)OCc1cnc2c(c1)C(COC(=N)N)c1cc(-c3cccnc3F)c(F)cc1O2. The highest BCUT2D eigenvalue weighted by atomic mass is 19.1. The van der Waals surface area contributed by atoms with Crippen molar-refractivity contribution in [3.8, 4) is 22.8 Å². The Morgan fingerprint density at radius 3 is 2.64 bits per heavy atom. The van der Waals surface area contributed by atoms with Crippen LogP contribution in [0.1, 0.15) is 43.4 Å². The van der Waals surface area contributed by atoms with Crippen molar-refractivity contribution in [2.45, 2.75) is 38.9 Å². The molecule has 9 heteroatoms. The van der Waals surface area contributed by atoms with Gasteiger partial charge in [-0.3, -0.25) is 5.41 Å². The number of aromatic nitrogens is 2. The fourth-order valence-corrected chi connectivity index (χ4v) is 3.58. The predicted molar refractivity (Wildman–Crippen MR) is 118 cm³/mol. The third-order valence-electron chi connectivity index (χ3n) is 5.12. The summed E-state index contributed by atoms with van der Waals surface area (Å²) in [6.07, 6.45) is 2.93. The van der Waals surface area contributed by atoms with Crippen LogP contribution < -0.4 is 10.5 Å². The molecule has 3 N–H and O–H groups in total. The Morgan fingerprint density at radius 1 is 1.15 bits per heavy atom. The summed E-state index contributed by atoms with van der Waals surface area (Å²) in [5.41, 5.74) is 7.18. The van der Waals surface area contributed by atoms with Gasteiger partial charge < -0.3 is 19.9 Å². The number of hydrogen-bond donors (Lipinski definition) is 2. The summed E-state index contributed by atoms with van der Waals surface area (Å²) in [6, 6.07) is 7.11. The van der Waals surface area contributed by atoms with Gasteiger partial charge in [-0.05, 0) is 50.6 Å².